The highest BCUT2D eigenvalue weighted by molar-refractivity contribution is 7.13. The number of hydrogen-bond acceptors (Lipinski definition) is 7. The SMILES string of the molecule is C[C@@H]1CCc2nc3ccccc3c(C(=O)O[C@H](C)c3nnc(-c4cccs4)o3)c2C1. The summed E-state index contributed by atoms with van der Waals surface area (Å²) >= 11 is 1.52. The molecule has 6 nitrogen and oxygen atoms in total. The summed E-state index contributed by atoms with van der Waals surface area (Å²) in [4.78, 5) is 19.0. The van der Waals surface area contributed by atoms with Crippen LogP contribution in [0.3, 0.4) is 0 Å². The molecule has 1 aliphatic carbocycles. The molecule has 0 unspecified atom stereocenters. The van der Waals surface area contributed by atoms with Gasteiger partial charge in [0.05, 0.1) is 16.0 Å². The van der Waals surface area contributed by atoms with Crippen LogP contribution < -0.4 is 0 Å². The van der Waals surface area contributed by atoms with Crippen LogP contribution >= 0.6 is 11.3 Å². The van der Waals surface area contributed by atoms with E-state index in [9.17, 15) is 4.79 Å². The molecule has 0 aliphatic heterocycles. The van der Waals surface area contributed by atoms with Crippen molar-refractivity contribution in [2.75, 3.05) is 0 Å². The summed E-state index contributed by atoms with van der Waals surface area (Å²) in [5.41, 5.74) is 3.45. The summed E-state index contributed by atoms with van der Waals surface area (Å²) in [5, 5.41) is 10.9. The molecule has 0 N–H and O–H groups in total. The average molecular weight is 420 g/mol. The van der Waals surface area contributed by atoms with Gasteiger partial charge in [-0.2, -0.15) is 0 Å². The Morgan fingerprint density at radius 3 is 2.93 bits per heavy atom. The van der Waals surface area contributed by atoms with Crippen LogP contribution in [0.4, 0.5) is 0 Å². The van der Waals surface area contributed by atoms with Crippen molar-refractivity contribution < 1.29 is 13.9 Å². The third-order valence-corrected chi connectivity index (χ3v) is 6.37. The molecule has 0 saturated heterocycles. The van der Waals surface area contributed by atoms with Crippen LogP contribution in [-0.2, 0) is 17.6 Å². The van der Waals surface area contributed by atoms with Crippen molar-refractivity contribution in [3.05, 3.63) is 64.5 Å². The maximum Gasteiger partial charge on any atom is 0.339 e. The van der Waals surface area contributed by atoms with Crippen molar-refractivity contribution in [3.63, 3.8) is 0 Å². The normalized spacial score (nSPS) is 16.9. The van der Waals surface area contributed by atoms with E-state index in [1.807, 2.05) is 41.8 Å². The van der Waals surface area contributed by atoms with E-state index in [1.54, 1.807) is 6.92 Å². The monoisotopic (exact) mass is 419 g/mol. The van der Waals surface area contributed by atoms with Crippen molar-refractivity contribution in [3.8, 4) is 10.8 Å². The highest BCUT2D eigenvalue weighted by atomic mass is 32.1. The lowest BCUT2D eigenvalue weighted by atomic mass is 9.84. The Balaban J connectivity index is 1.48. The van der Waals surface area contributed by atoms with Crippen LogP contribution in [0, 0.1) is 5.92 Å². The van der Waals surface area contributed by atoms with Crippen molar-refractivity contribution in [2.24, 2.45) is 5.92 Å². The van der Waals surface area contributed by atoms with Gasteiger partial charge in [-0.1, -0.05) is 31.2 Å². The zero-order valence-electron chi connectivity index (χ0n) is 16.8. The number of rotatable bonds is 4. The van der Waals surface area contributed by atoms with E-state index < -0.39 is 6.10 Å². The molecule has 0 radical (unpaired) electrons. The van der Waals surface area contributed by atoms with Crippen molar-refractivity contribution in [2.45, 2.75) is 39.2 Å². The maximum atomic E-state index is 13.3. The van der Waals surface area contributed by atoms with Gasteiger partial charge in [0.25, 0.3) is 11.8 Å². The second-order valence-corrected chi connectivity index (χ2v) is 8.70. The van der Waals surface area contributed by atoms with E-state index in [0.29, 0.717) is 17.4 Å². The zero-order valence-corrected chi connectivity index (χ0v) is 17.6. The topological polar surface area (TPSA) is 78.1 Å². The lowest BCUT2D eigenvalue weighted by Crippen LogP contribution is -2.20. The molecule has 4 aromatic rings. The number of pyridine rings is 1. The van der Waals surface area contributed by atoms with Gasteiger partial charge < -0.3 is 9.15 Å². The van der Waals surface area contributed by atoms with Crippen LogP contribution in [-0.4, -0.2) is 21.2 Å². The molecule has 152 valence electrons. The largest absolute Gasteiger partial charge is 0.449 e. The van der Waals surface area contributed by atoms with E-state index >= 15 is 0 Å². The number of fused-ring (bicyclic) bond motifs is 2. The van der Waals surface area contributed by atoms with Gasteiger partial charge >= 0.3 is 5.97 Å². The van der Waals surface area contributed by atoms with E-state index in [0.717, 1.165) is 46.3 Å². The summed E-state index contributed by atoms with van der Waals surface area (Å²) in [7, 11) is 0. The van der Waals surface area contributed by atoms with Gasteiger partial charge in [0.2, 0.25) is 0 Å². The smallest absolute Gasteiger partial charge is 0.339 e. The van der Waals surface area contributed by atoms with Gasteiger partial charge in [0, 0.05) is 11.1 Å². The Kier molecular flexibility index (Phi) is 4.83. The van der Waals surface area contributed by atoms with Crippen LogP contribution in [0.5, 0.6) is 0 Å². The van der Waals surface area contributed by atoms with Gasteiger partial charge in [0.15, 0.2) is 6.10 Å². The maximum absolute atomic E-state index is 13.3. The third-order valence-electron chi connectivity index (χ3n) is 5.51. The standard InChI is InChI=1S/C23H21N3O3S/c1-13-9-10-18-16(12-13)20(15-6-3-4-7-17(15)24-18)23(27)28-14(2)21-25-26-22(29-21)19-8-5-11-30-19/h3-8,11,13-14H,9-10,12H2,1-2H3/t13-,14-/m1/s1. The van der Waals surface area contributed by atoms with Gasteiger partial charge in [0.1, 0.15) is 0 Å². The average Bonchev–Trinajstić information content (AvgIpc) is 3.43. The lowest BCUT2D eigenvalue weighted by Gasteiger charge is -2.24. The summed E-state index contributed by atoms with van der Waals surface area (Å²) in [5.74, 6) is 0.854. The molecule has 3 heterocycles. The van der Waals surface area contributed by atoms with Crippen LogP contribution in [0.25, 0.3) is 21.7 Å². The second-order valence-electron chi connectivity index (χ2n) is 7.75. The number of benzene rings is 1. The minimum absolute atomic E-state index is 0.285. The molecular weight excluding hydrogens is 398 g/mol. The number of carbonyl (C=O) groups excluding carboxylic acids is 1. The van der Waals surface area contributed by atoms with E-state index in [1.165, 1.54) is 11.3 Å². The van der Waals surface area contributed by atoms with Crippen LogP contribution in [0.2, 0.25) is 0 Å². The molecule has 3 aromatic heterocycles. The van der Waals surface area contributed by atoms with Gasteiger partial charge in [-0.3, -0.25) is 4.98 Å². The molecule has 7 heteroatoms. The first-order chi connectivity index (χ1) is 14.6. The number of carbonyl (C=O) groups is 1. The van der Waals surface area contributed by atoms with Gasteiger partial charge in [-0.25, -0.2) is 4.79 Å². The molecular formula is C23H21N3O3S. The number of aromatic nitrogens is 3. The minimum atomic E-state index is -0.651. The number of thiophene rings is 1. The number of para-hydroxylation sites is 1. The molecule has 0 amide bonds. The highest BCUT2D eigenvalue weighted by Gasteiger charge is 2.28. The van der Waals surface area contributed by atoms with Crippen LogP contribution in [0.1, 0.15) is 53.9 Å². The zero-order chi connectivity index (χ0) is 20.7. The molecule has 1 aromatic carbocycles. The van der Waals surface area contributed by atoms with Crippen molar-refractivity contribution in [1.29, 1.82) is 0 Å². The fourth-order valence-corrected chi connectivity index (χ4v) is 4.61. The van der Waals surface area contributed by atoms with E-state index in [4.69, 9.17) is 14.1 Å². The van der Waals surface area contributed by atoms with Gasteiger partial charge in [-0.05, 0) is 55.2 Å². The molecule has 1 aliphatic rings. The molecule has 0 bridgehead atoms. The summed E-state index contributed by atoms with van der Waals surface area (Å²) in [6.07, 6.45) is 2.14. The van der Waals surface area contributed by atoms with E-state index in [2.05, 4.69) is 17.1 Å². The first-order valence-corrected chi connectivity index (χ1v) is 11.0. The Morgan fingerprint density at radius 2 is 2.10 bits per heavy atom. The summed E-state index contributed by atoms with van der Waals surface area (Å²) in [6.45, 7) is 3.96. The number of nitrogens with zero attached hydrogens (tertiary/aromatic N) is 3. The minimum Gasteiger partial charge on any atom is -0.449 e. The van der Waals surface area contributed by atoms with Crippen LogP contribution in [0.15, 0.2) is 46.2 Å². The summed E-state index contributed by atoms with van der Waals surface area (Å²) in [6, 6.07) is 11.6. The Labute approximate surface area is 177 Å². The Morgan fingerprint density at radius 1 is 1.23 bits per heavy atom. The number of ether oxygens (including phenoxy) is 1. The molecule has 0 fully saturated rings. The van der Waals surface area contributed by atoms with Crippen molar-refractivity contribution >= 4 is 28.2 Å². The first kappa shape index (κ1) is 18.9. The van der Waals surface area contributed by atoms with Gasteiger partial charge in [-0.15, -0.1) is 21.5 Å². The molecule has 0 saturated carbocycles. The summed E-state index contributed by atoms with van der Waals surface area (Å²) < 4.78 is 11.5. The number of aryl methyl sites for hydroxylation is 1. The number of hydrogen-bond donors (Lipinski definition) is 0. The second kappa shape index (κ2) is 7.65. The predicted molar refractivity (Wildman–Crippen MR) is 114 cm³/mol. The number of esters is 1. The third kappa shape index (κ3) is 3.39. The molecule has 0 spiro atoms. The predicted octanol–water partition coefficient (Wildman–Crippen LogP) is 5.39. The molecule has 2 atom stereocenters. The lowest BCUT2D eigenvalue weighted by molar-refractivity contribution is 0.0280. The van der Waals surface area contributed by atoms with Crippen molar-refractivity contribution in [1.82, 2.24) is 15.2 Å². The van der Waals surface area contributed by atoms with E-state index in [-0.39, 0.29) is 11.9 Å². The fourth-order valence-electron chi connectivity index (χ4n) is 3.96. The Bertz CT molecular complexity index is 1220. The fraction of sp³-hybridized carbons (Fsp3) is 0.304. The Hall–Kier alpha value is -3.06. The first-order valence-electron chi connectivity index (χ1n) is 10.1. The quantitative estimate of drug-likeness (QED) is 0.413. The molecule has 30 heavy (non-hydrogen) atoms. The highest BCUT2D eigenvalue weighted by Crippen LogP contribution is 2.33. The molecule has 5 rings (SSSR count).